The Morgan fingerprint density at radius 2 is 2.06 bits per heavy atom. The third kappa shape index (κ3) is 4.39. The van der Waals surface area contributed by atoms with Crippen LogP contribution in [0.15, 0.2) is 24.3 Å². The van der Waals surface area contributed by atoms with Gasteiger partial charge in [0.15, 0.2) is 0 Å². The Morgan fingerprint density at radius 1 is 1.28 bits per heavy atom. The Bertz CT molecular complexity index is 343. The minimum Gasteiger partial charge on any atom is -0.379 e. The monoisotopic (exact) mass is 253 g/mol. The molecule has 0 radical (unpaired) electrons. The zero-order valence-corrected chi connectivity index (χ0v) is 11.6. The summed E-state index contributed by atoms with van der Waals surface area (Å²) >= 11 is 0. The molecule has 2 unspecified atom stereocenters. The fourth-order valence-electron chi connectivity index (χ4n) is 2.17. The number of halogens is 1. The van der Waals surface area contributed by atoms with Crippen molar-refractivity contribution in [3.8, 4) is 0 Å². The largest absolute Gasteiger partial charge is 0.379 e. The maximum atomic E-state index is 13.3. The van der Waals surface area contributed by atoms with Gasteiger partial charge < -0.3 is 10.1 Å². The van der Waals surface area contributed by atoms with Crippen LogP contribution in [0.2, 0.25) is 0 Å². The molecule has 0 aliphatic heterocycles. The molecule has 2 nitrogen and oxygen atoms in total. The summed E-state index contributed by atoms with van der Waals surface area (Å²) in [6, 6.07) is 6.84. The Balaban J connectivity index is 2.88. The van der Waals surface area contributed by atoms with Gasteiger partial charge in [0, 0.05) is 7.11 Å². The predicted octanol–water partition coefficient (Wildman–Crippen LogP) is 3.68. The quantitative estimate of drug-likeness (QED) is 0.763. The summed E-state index contributed by atoms with van der Waals surface area (Å²) in [5.41, 5.74) is 0.962. The van der Waals surface area contributed by atoms with Crippen molar-refractivity contribution in [2.75, 3.05) is 13.7 Å². The Labute approximate surface area is 110 Å². The topological polar surface area (TPSA) is 21.3 Å². The number of nitrogens with one attached hydrogen (secondary N) is 1. The minimum absolute atomic E-state index is 0.0607. The number of hydrogen-bond acceptors (Lipinski definition) is 2. The Morgan fingerprint density at radius 3 is 2.61 bits per heavy atom. The van der Waals surface area contributed by atoms with E-state index in [2.05, 4.69) is 19.2 Å². The van der Waals surface area contributed by atoms with E-state index in [1.54, 1.807) is 19.2 Å². The van der Waals surface area contributed by atoms with Crippen LogP contribution in [0.25, 0.3) is 0 Å². The van der Waals surface area contributed by atoms with Gasteiger partial charge in [-0.05, 0) is 37.1 Å². The molecular weight excluding hydrogens is 229 g/mol. The molecule has 0 aliphatic rings. The predicted molar refractivity (Wildman–Crippen MR) is 73.1 cm³/mol. The van der Waals surface area contributed by atoms with E-state index in [9.17, 15) is 4.39 Å². The summed E-state index contributed by atoms with van der Waals surface area (Å²) < 4.78 is 18.9. The molecule has 1 aromatic carbocycles. The molecule has 0 aliphatic carbocycles. The molecule has 0 saturated heterocycles. The molecule has 102 valence electrons. The van der Waals surface area contributed by atoms with Gasteiger partial charge in [-0.1, -0.05) is 32.4 Å². The van der Waals surface area contributed by atoms with Crippen LogP contribution in [0.1, 0.15) is 44.7 Å². The summed E-state index contributed by atoms with van der Waals surface area (Å²) in [6.45, 7) is 5.16. The fraction of sp³-hybridized carbons (Fsp3) is 0.600. The first-order chi connectivity index (χ1) is 8.72. The third-order valence-electron chi connectivity index (χ3n) is 3.07. The van der Waals surface area contributed by atoms with E-state index in [1.165, 1.54) is 6.07 Å². The molecule has 18 heavy (non-hydrogen) atoms. The van der Waals surface area contributed by atoms with E-state index in [0.717, 1.165) is 31.4 Å². The molecule has 0 amide bonds. The average Bonchev–Trinajstić information content (AvgIpc) is 2.38. The van der Waals surface area contributed by atoms with Gasteiger partial charge in [-0.25, -0.2) is 4.39 Å². The second-order valence-corrected chi connectivity index (χ2v) is 4.55. The zero-order chi connectivity index (χ0) is 13.4. The van der Waals surface area contributed by atoms with Gasteiger partial charge in [-0.3, -0.25) is 0 Å². The summed E-state index contributed by atoms with van der Waals surface area (Å²) in [6.07, 6.45) is 3.16. The van der Waals surface area contributed by atoms with Crippen LogP contribution in [0.5, 0.6) is 0 Å². The number of hydrogen-bond donors (Lipinski definition) is 1. The normalized spacial score (nSPS) is 14.4. The van der Waals surface area contributed by atoms with Crippen LogP contribution in [0, 0.1) is 5.82 Å². The molecule has 1 N–H and O–H groups in total. The van der Waals surface area contributed by atoms with E-state index >= 15 is 0 Å². The molecule has 2 atom stereocenters. The number of benzene rings is 1. The summed E-state index contributed by atoms with van der Waals surface area (Å²) in [4.78, 5) is 0. The van der Waals surface area contributed by atoms with Gasteiger partial charge in [0.2, 0.25) is 0 Å². The summed E-state index contributed by atoms with van der Waals surface area (Å²) in [5, 5.41) is 3.46. The lowest BCUT2D eigenvalue weighted by atomic mass is 9.98. The summed E-state index contributed by atoms with van der Waals surface area (Å²) in [7, 11) is 1.72. The van der Waals surface area contributed by atoms with Gasteiger partial charge in [0.1, 0.15) is 5.82 Å². The third-order valence-corrected chi connectivity index (χ3v) is 3.07. The highest BCUT2D eigenvalue weighted by Crippen LogP contribution is 2.23. The molecule has 0 saturated carbocycles. The van der Waals surface area contributed by atoms with Crippen LogP contribution in [-0.2, 0) is 4.74 Å². The number of rotatable bonds is 8. The molecule has 0 spiro atoms. The molecular formula is C15H24FNO. The molecule has 1 aromatic rings. The molecule has 3 heteroatoms. The SMILES string of the molecule is CCCNC(c1cccc(F)c1)C(CCC)OC. The lowest BCUT2D eigenvalue weighted by Gasteiger charge is -2.27. The van der Waals surface area contributed by atoms with Crippen molar-refractivity contribution in [2.45, 2.75) is 45.3 Å². The minimum atomic E-state index is -0.192. The molecule has 1 rings (SSSR count). The van der Waals surface area contributed by atoms with Gasteiger partial charge in [-0.2, -0.15) is 0 Å². The van der Waals surface area contributed by atoms with Crippen LogP contribution >= 0.6 is 0 Å². The lowest BCUT2D eigenvalue weighted by Crippen LogP contribution is -2.33. The maximum Gasteiger partial charge on any atom is 0.123 e. The van der Waals surface area contributed by atoms with Crippen molar-refractivity contribution >= 4 is 0 Å². The fourth-order valence-corrected chi connectivity index (χ4v) is 2.17. The van der Waals surface area contributed by atoms with Crippen molar-refractivity contribution in [1.29, 1.82) is 0 Å². The molecule has 0 fully saturated rings. The van der Waals surface area contributed by atoms with E-state index < -0.39 is 0 Å². The van der Waals surface area contributed by atoms with Crippen molar-refractivity contribution in [3.63, 3.8) is 0 Å². The highest BCUT2D eigenvalue weighted by molar-refractivity contribution is 5.21. The van der Waals surface area contributed by atoms with Crippen molar-refractivity contribution < 1.29 is 9.13 Å². The van der Waals surface area contributed by atoms with Crippen LogP contribution in [0.4, 0.5) is 4.39 Å². The Hall–Kier alpha value is -0.930. The molecule has 0 bridgehead atoms. The van der Waals surface area contributed by atoms with Gasteiger partial charge in [0.05, 0.1) is 12.1 Å². The number of ether oxygens (including phenoxy) is 1. The smallest absolute Gasteiger partial charge is 0.123 e. The first-order valence-corrected chi connectivity index (χ1v) is 6.74. The maximum absolute atomic E-state index is 13.3. The van der Waals surface area contributed by atoms with E-state index in [-0.39, 0.29) is 18.0 Å². The molecule has 0 aromatic heterocycles. The van der Waals surface area contributed by atoms with Gasteiger partial charge in [0.25, 0.3) is 0 Å². The first-order valence-electron chi connectivity index (χ1n) is 6.74. The van der Waals surface area contributed by atoms with Crippen LogP contribution in [0.3, 0.4) is 0 Å². The Kier molecular flexibility index (Phi) is 6.91. The van der Waals surface area contributed by atoms with Crippen molar-refractivity contribution in [1.82, 2.24) is 5.32 Å². The van der Waals surface area contributed by atoms with Crippen LogP contribution in [-0.4, -0.2) is 19.8 Å². The highest BCUT2D eigenvalue weighted by Gasteiger charge is 2.21. The zero-order valence-electron chi connectivity index (χ0n) is 11.6. The standard InChI is InChI=1S/C15H24FNO/c1-4-7-14(18-3)15(17-10-5-2)12-8-6-9-13(16)11-12/h6,8-9,11,14-15,17H,4-5,7,10H2,1-3H3. The average molecular weight is 253 g/mol. The summed E-state index contributed by atoms with van der Waals surface area (Å²) in [5.74, 6) is -0.192. The van der Waals surface area contributed by atoms with E-state index in [1.807, 2.05) is 6.07 Å². The lowest BCUT2D eigenvalue weighted by molar-refractivity contribution is 0.0605. The van der Waals surface area contributed by atoms with E-state index in [4.69, 9.17) is 4.74 Å². The molecule has 0 heterocycles. The first kappa shape index (κ1) is 15.1. The second kappa shape index (κ2) is 8.22. The van der Waals surface area contributed by atoms with Crippen molar-refractivity contribution in [2.24, 2.45) is 0 Å². The van der Waals surface area contributed by atoms with Gasteiger partial charge in [-0.15, -0.1) is 0 Å². The van der Waals surface area contributed by atoms with Crippen LogP contribution < -0.4 is 5.32 Å². The van der Waals surface area contributed by atoms with E-state index in [0.29, 0.717) is 0 Å². The van der Waals surface area contributed by atoms with Crippen molar-refractivity contribution in [3.05, 3.63) is 35.6 Å². The number of methoxy groups -OCH3 is 1. The second-order valence-electron chi connectivity index (χ2n) is 4.55. The van der Waals surface area contributed by atoms with Gasteiger partial charge >= 0.3 is 0 Å². The highest BCUT2D eigenvalue weighted by atomic mass is 19.1.